The van der Waals surface area contributed by atoms with Crippen LogP contribution in [-0.4, -0.2) is 70.0 Å². The molecule has 0 spiro atoms. The average Bonchev–Trinajstić information content (AvgIpc) is 3.40. The summed E-state index contributed by atoms with van der Waals surface area (Å²) in [5.41, 5.74) is 2.00. The highest BCUT2D eigenvalue weighted by atomic mass is 19.4. The van der Waals surface area contributed by atoms with E-state index in [4.69, 9.17) is 4.52 Å². The van der Waals surface area contributed by atoms with Gasteiger partial charge in [-0.3, -0.25) is 9.59 Å². The molecule has 0 saturated carbocycles. The second-order valence-electron chi connectivity index (χ2n) is 9.18. The number of nitrogens with zero attached hydrogens (tertiary/aromatic N) is 5. The fraction of sp³-hybridized carbons (Fsp3) is 0.259. The van der Waals surface area contributed by atoms with Crippen molar-refractivity contribution in [3.05, 3.63) is 88.3 Å². The zero-order valence-electron chi connectivity index (χ0n) is 20.9. The highest BCUT2D eigenvalue weighted by molar-refractivity contribution is 5.94. The summed E-state index contributed by atoms with van der Waals surface area (Å²) >= 11 is 0. The Morgan fingerprint density at radius 1 is 1.00 bits per heavy atom. The number of benzene rings is 2. The van der Waals surface area contributed by atoms with Gasteiger partial charge < -0.3 is 23.6 Å². The molecule has 4 aromatic rings. The van der Waals surface area contributed by atoms with Crippen LogP contribution in [0.3, 0.4) is 0 Å². The molecular formula is C27H24F3N5O4. The molecule has 0 atom stereocenters. The van der Waals surface area contributed by atoms with Crippen molar-refractivity contribution in [3.8, 4) is 28.6 Å². The average molecular weight is 540 g/mol. The molecule has 2 aromatic carbocycles. The first-order chi connectivity index (χ1) is 18.6. The van der Waals surface area contributed by atoms with Crippen molar-refractivity contribution in [1.29, 1.82) is 0 Å². The van der Waals surface area contributed by atoms with Gasteiger partial charge >= 0.3 is 6.36 Å². The van der Waals surface area contributed by atoms with Crippen molar-refractivity contribution in [1.82, 2.24) is 24.5 Å². The Labute approximate surface area is 221 Å². The summed E-state index contributed by atoms with van der Waals surface area (Å²) in [7, 11) is 2.03. The number of aromatic nitrogens is 3. The van der Waals surface area contributed by atoms with Crippen molar-refractivity contribution in [2.24, 2.45) is 0 Å². The maximum Gasteiger partial charge on any atom is 0.573 e. The summed E-state index contributed by atoms with van der Waals surface area (Å²) in [6, 6.07) is 15.2. The molecule has 0 radical (unpaired) electrons. The van der Waals surface area contributed by atoms with E-state index in [9.17, 15) is 22.8 Å². The van der Waals surface area contributed by atoms with E-state index in [0.29, 0.717) is 29.8 Å². The largest absolute Gasteiger partial charge is 0.573 e. The van der Waals surface area contributed by atoms with Crippen LogP contribution in [0.25, 0.3) is 22.8 Å². The lowest BCUT2D eigenvalue weighted by Crippen LogP contribution is -2.47. The Kier molecular flexibility index (Phi) is 7.20. The van der Waals surface area contributed by atoms with E-state index in [1.54, 1.807) is 30.5 Å². The van der Waals surface area contributed by atoms with Crippen molar-refractivity contribution in [2.45, 2.75) is 12.9 Å². The molecule has 1 fully saturated rings. The maximum absolute atomic E-state index is 13.0. The number of carbonyl (C=O) groups is 1. The molecule has 12 heteroatoms. The number of hydrogen-bond acceptors (Lipinski definition) is 7. The lowest BCUT2D eigenvalue weighted by Gasteiger charge is -2.32. The molecule has 1 saturated heterocycles. The van der Waals surface area contributed by atoms with Crippen LogP contribution in [0.1, 0.15) is 15.9 Å². The van der Waals surface area contributed by atoms with Crippen LogP contribution in [-0.2, 0) is 6.54 Å². The van der Waals surface area contributed by atoms with Crippen LogP contribution in [0.15, 0.2) is 76.2 Å². The van der Waals surface area contributed by atoms with Gasteiger partial charge in [0, 0.05) is 49.6 Å². The number of amides is 1. The van der Waals surface area contributed by atoms with Gasteiger partial charge in [0.05, 0.1) is 12.1 Å². The van der Waals surface area contributed by atoms with Crippen LogP contribution in [0.5, 0.6) is 5.75 Å². The molecule has 5 rings (SSSR count). The van der Waals surface area contributed by atoms with E-state index in [0.717, 1.165) is 30.8 Å². The SMILES string of the molecule is CN1CCN(C(=O)c2cccc(Cn3cc(-c4nc(-c5ccc(OC(F)(F)F)cc5)no4)ccc3=O)c2)CC1. The number of rotatable bonds is 6. The second kappa shape index (κ2) is 10.7. The Balaban J connectivity index is 1.32. The zero-order valence-corrected chi connectivity index (χ0v) is 20.9. The van der Waals surface area contributed by atoms with Gasteiger partial charge in [-0.15, -0.1) is 13.2 Å². The third kappa shape index (κ3) is 6.34. The summed E-state index contributed by atoms with van der Waals surface area (Å²) in [4.78, 5) is 33.9. The minimum atomic E-state index is -4.79. The van der Waals surface area contributed by atoms with Crippen LogP contribution in [0.2, 0.25) is 0 Å². The molecule has 1 aliphatic heterocycles. The van der Waals surface area contributed by atoms with Gasteiger partial charge in [-0.05, 0) is 55.1 Å². The summed E-state index contributed by atoms with van der Waals surface area (Å²) < 4.78 is 47.9. The summed E-state index contributed by atoms with van der Waals surface area (Å²) in [5.74, 6) is -0.108. The first-order valence-electron chi connectivity index (χ1n) is 12.1. The maximum atomic E-state index is 13.0. The van der Waals surface area contributed by atoms with Gasteiger partial charge in [-0.2, -0.15) is 4.98 Å². The van der Waals surface area contributed by atoms with Gasteiger partial charge in [0.2, 0.25) is 5.82 Å². The Morgan fingerprint density at radius 2 is 1.72 bits per heavy atom. The smallest absolute Gasteiger partial charge is 0.406 e. The Bertz CT molecular complexity index is 1520. The molecule has 0 unspecified atom stereocenters. The molecule has 9 nitrogen and oxygen atoms in total. The van der Waals surface area contributed by atoms with Crippen molar-refractivity contribution >= 4 is 5.91 Å². The zero-order chi connectivity index (χ0) is 27.6. The van der Waals surface area contributed by atoms with Crippen LogP contribution >= 0.6 is 0 Å². The van der Waals surface area contributed by atoms with Crippen molar-refractivity contribution in [2.75, 3.05) is 33.2 Å². The van der Waals surface area contributed by atoms with Gasteiger partial charge in [0.25, 0.3) is 17.4 Å². The van der Waals surface area contributed by atoms with Crippen molar-refractivity contribution in [3.63, 3.8) is 0 Å². The van der Waals surface area contributed by atoms with E-state index < -0.39 is 6.36 Å². The summed E-state index contributed by atoms with van der Waals surface area (Å²) in [6.45, 7) is 3.20. The number of piperazine rings is 1. The molecule has 2 aromatic heterocycles. The van der Waals surface area contributed by atoms with Gasteiger partial charge in [-0.1, -0.05) is 17.3 Å². The topological polar surface area (TPSA) is 93.7 Å². The third-order valence-electron chi connectivity index (χ3n) is 6.32. The van der Waals surface area contributed by atoms with Crippen LogP contribution < -0.4 is 10.3 Å². The number of likely N-dealkylation sites (N-methyl/N-ethyl adjacent to an activating group) is 1. The van der Waals surface area contributed by atoms with Gasteiger partial charge in [0.1, 0.15) is 5.75 Å². The Hall–Kier alpha value is -4.45. The number of pyridine rings is 1. The predicted octanol–water partition coefficient (Wildman–Crippen LogP) is 3.90. The molecule has 0 bridgehead atoms. The Morgan fingerprint density at radius 3 is 2.44 bits per heavy atom. The number of ether oxygens (including phenoxy) is 1. The van der Waals surface area contributed by atoms with Gasteiger partial charge in [0.15, 0.2) is 0 Å². The molecule has 0 N–H and O–H groups in total. The summed E-state index contributed by atoms with van der Waals surface area (Å²) in [5, 5.41) is 3.90. The first-order valence-corrected chi connectivity index (χ1v) is 12.1. The van der Waals surface area contributed by atoms with E-state index in [-0.39, 0.29) is 35.5 Å². The van der Waals surface area contributed by atoms with E-state index in [1.165, 1.54) is 22.8 Å². The monoisotopic (exact) mass is 539 g/mol. The first kappa shape index (κ1) is 26.2. The number of halogens is 3. The van der Waals surface area contributed by atoms with E-state index in [1.807, 2.05) is 18.0 Å². The number of carbonyl (C=O) groups excluding carboxylic acids is 1. The van der Waals surface area contributed by atoms with E-state index >= 15 is 0 Å². The minimum absolute atomic E-state index is 0.0394. The fourth-order valence-electron chi connectivity index (χ4n) is 4.24. The molecule has 0 aliphatic carbocycles. The normalized spacial score (nSPS) is 14.4. The van der Waals surface area contributed by atoms with Crippen LogP contribution in [0.4, 0.5) is 13.2 Å². The summed E-state index contributed by atoms with van der Waals surface area (Å²) in [6.07, 6.45) is -3.21. The lowest BCUT2D eigenvalue weighted by atomic mass is 10.1. The highest BCUT2D eigenvalue weighted by Crippen LogP contribution is 2.27. The van der Waals surface area contributed by atoms with Crippen molar-refractivity contribution < 1.29 is 27.2 Å². The minimum Gasteiger partial charge on any atom is -0.406 e. The molecule has 39 heavy (non-hydrogen) atoms. The third-order valence-corrected chi connectivity index (χ3v) is 6.32. The highest BCUT2D eigenvalue weighted by Gasteiger charge is 2.31. The van der Waals surface area contributed by atoms with Crippen LogP contribution in [0, 0.1) is 0 Å². The van der Waals surface area contributed by atoms with E-state index in [2.05, 4.69) is 19.8 Å². The lowest BCUT2D eigenvalue weighted by molar-refractivity contribution is -0.274. The molecule has 3 heterocycles. The number of alkyl halides is 3. The quantitative estimate of drug-likeness (QED) is 0.367. The second-order valence-corrected chi connectivity index (χ2v) is 9.18. The molecule has 1 amide bonds. The van der Waals surface area contributed by atoms with Gasteiger partial charge in [-0.25, -0.2) is 0 Å². The standard InChI is InChI=1S/C27H24F3N5O4/c1-33-11-13-34(14-12-33)26(37)20-4-2-3-18(15-20)16-35-17-21(7-10-23(35)36)25-31-24(32-39-25)19-5-8-22(9-6-19)38-27(28,29)30/h2-10,15,17H,11-14,16H2,1H3. The molecule has 1 aliphatic rings. The molecule has 202 valence electrons. The molecular weight excluding hydrogens is 515 g/mol. The number of hydrogen-bond donors (Lipinski definition) is 0. The fourth-order valence-corrected chi connectivity index (χ4v) is 4.24. The predicted molar refractivity (Wildman–Crippen MR) is 135 cm³/mol.